The number of hydrogen-bond donors (Lipinski definition) is 1. The van der Waals surface area contributed by atoms with Crippen LogP contribution in [0.4, 0.5) is 0 Å². The Labute approximate surface area is 96.6 Å². The molecule has 1 saturated carbocycles. The molecule has 0 unspecified atom stereocenters. The van der Waals surface area contributed by atoms with Crippen molar-refractivity contribution < 1.29 is 14.7 Å². The van der Waals surface area contributed by atoms with Crippen LogP contribution >= 0.6 is 0 Å². The summed E-state index contributed by atoms with van der Waals surface area (Å²) in [5.74, 6) is -0.264. The van der Waals surface area contributed by atoms with Gasteiger partial charge in [0.25, 0.3) is 0 Å². The fourth-order valence-corrected chi connectivity index (χ4v) is 2.32. The smallest absolute Gasteiger partial charge is 0.323 e. The molecule has 1 N–H and O–H groups in total. The molecule has 0 bridgehead atoms. The number of aliphatic carboxylic acids is 1. The number of nitrogens with zero attached hydrogens (tertiary/aromatic N) is 1. The van der Waals surface area contributed by atoms with Crippen LogP contribution in [0.3, 0.4) is 0 Å². The largest absolute Gasteiger partial charge is 0.480 e. The molecule has 1 fully saturated rings. The van der Waals surface area contributed by atoms with Crippen molar-refractivity contribution in [2.75, 3.05) is 13.1 Å². The molecule has 0 heterocycles. The molecule has 1 rings (SSSR count). The Morgan fingerprint density at radius 1 is 1.31 bits per heavy atom. The fraction of sp³-hybridized carbons (Fsp3) is 0.833. The maximum atomic E-state index is 11.7. The molecule has 4 nitrogen and oxygen atoms in total. The quantitative estimate of drug-likeness (QED) is 0.753. The van der Waals surface area contributed by atoms with E-state index in [9.17, 15) is 9.59 Å². The number of carbonyl (C=O) groups excluding carboxylic acids is 1. The van der Waals surface area contributed by atoms with Crippen LogP contribution in [0.15, 0.2) is 0 Å². The topological polar surface area (TPSA) is 57.6 Å². The van der Waals surface area contributed by atoms with Gasteiger partial charge in [0.15, 0.2) is 0 Å². The minimum atomic E-state index is -0.934. The number of hydrogen-bond acceptors (Lipinski definition) is 2. The first kappa shape index (κ1) is 13.0. The summed E-state index contributed by atoms with van der Waals surface area (Å²) in [7, 11) is 0. The van der Waals surface area contributed by atoms with Crippen molar-refractivity contribution in [2.45, 2.75) is 45.4 Å². The van der Waals surface area contributed by atoms with Gasteiger partial charge in [-0.1, -0.05) is 25.7 Å². The summed E-state index contributed by atoms with van der Waals surface area (Å²) >= 11 is 0. The molecule has 0 aromatic rings. The van der Waals surface area contributed by atoms with Crippen LogP contribution in [-0.2, 0) is 9.59 Å². The molecule has 0 spiro atoms. The Bertz CT molecular complexity index is 247. The van der Waals surface area contributed by atoms with Gasteiger partial charge in [0, 0.05) is 13.0 Å². The summed E-state index contributed by atoms with van der Waals surface area (Å²) < 4.78 is 0. The molecule has 0 aromatic carbocycles. The molecule has 0 aromatic heterocycles. The van der Waals surface area contributed by atoms with E-state index < -0.39 is 5.97 Å². The van der Waals surface area contributed by atoms with E-state index in [2.05, 4.69) is 0 Å². The highest BCUT2D eigenvalue weighted by molar-refractivity contribution is 5.81. The summed E-state index contributed by atoms with van der Waals surface area (Å²) in [4.78, 5) is 23.7. The lowest BCUT2D eigenvalue weighted by Crippen LogP contribution is -2.35. The van der Waals surface area contributed by atoms with Crippen LogP contribution in [-0.4, -0.2) is 35.0 Å². The predicted molar refractivity (Wildman–Crippen MR) is 61.1 cm³/mol. The average molecular weight is 227 g/mol. The van der Waals surface area contributed by atoms with E-state index >= 15 is 0 Å². The first-order valence-corrected chi connectivity index (χ1v) is 6.13. The van der Waals surface area contributed by atoms with E-state index in [1.807, 2.05) is 6.92 Å². The van der Waals surface area contributed by atoms with Crippen LogP contribution in [0.1, 0.15) is 45.4 Å². The molecule has 0 radical (unpaired) electrons. The van der Waals surface area contributed by atoms with Gasteiger partial charge in [0.05, 0.1) is 0 Å². The van der Waals surface area contributed by atoms with Crippen molar-refractivity contribution in [3.63, 3.8) is 0 Å². The minimum Gasteiger partial charge on any atom is -0.480 e. The molecule has 1 aliphatic carbocycles. The summed E-state index contributed by atoms with van der Waals surface area (Å²) in [6.07, 6.45) is 6.47. The summed E-state index contributed by atoms with van der Waals surface area (Å²) in [5.41, 5.74) is 0. The summed E-state index contributed by atoms with van der Waals surface area (Å²) in [6.45, 7) is 2.13. The Balaban J connectivity index is 2.28. The number of amides is 1. The molecular weight excluding hydrogens is 206 g/mol. The van der Waals surface area contributed by atoms with E-state index in [4.69, 9.17) is 5.11 Å². The molecular formula is C12H21NO3. The highest BCUT2D eigenvalue weighted by Crippen LogP contribution is 2.28. The van der Waals surface area contributed by atoms with E-state index in [1.165, 1.54) is 30.6 Å². The van der Waals surface area contributed by atoms with Gasteiger partial charge in [-0.3, -0.25) is 9.59 Å². The number of rotatable bonds is 6. The van der Waals surface area contributed by atoms with Crippen molar-refractivity contribution >= 4 is 11.9 Å². The minimum absolute atomic E-state index is 0.0169. The molecule has 1 amide bonds. The van der Waals surface area contributed by atoms with E-state index in [0.717, 1.165) is 6.42 Å². The number of carboxylic acids is 1. The van der Waals surface area contributed by atoms with Crippen LogP contribution in [0.2, 0.25) is 0 Å². The third-order valence-corrected chi connectivity index (χ3v) is 3.30. The molecule has 16 heavy (non-hydrogen) atoms. The van der Waals surface area contributed by atoms with E-state index in [0.29, 0.717) is 18.9 Å². The Morgan fingerprint density at radius 3 is 2.44 bits per heavy atom. The van der Waals surface area contributed by atoms with Gasteiger partial charge < -0.3 is 10.0 Å². The van der Waals surface area contributed by atoms with Gasteiger partial charge in [-0.2, -0.15) is 0 Å². The fourth-order valence-electron chi connectivity index (χ4n) is 2.32. The van der Waals surface area contributed by atoms with Crippen LogP contribution in [0.5, 0.6) is 0 Å². The van der Waals surface area contributed by atoms with Gasteiger partial charge in [0.1, 0.15) is 6.54 Å². The lowest BCUT2D eigenvalue weighted by molar-refractivity contribution is -0.144. The van der Waals surface area contributed by atoms with E-state index in [-0.39, 0.29) is 12.5 Å². The molecule has 92 valence electrons. The number of carboxylic acid groups (broad SMARTS) is 1. The van der Waals surface area contributed by atoms with Crippen LogP contribution in [0.25, 0.3) is 0 Å². The van der Waals surface area contributed by atoms with Gasteiger partial charge in [-0.15, -0.1) is 0 Å². The second kappa shape index (κ2) is 6.51. The summed E-state index contributed by atoms with van der Waals surface area (Å²) in [6, 6.07) is 0. The molecule has 0 atom stereocenters. The van der Waals surface area contributed by atoms with Gasteiger partial charge in [-0.05, 0) is 19.3 Å². The third kappa shape index (κ3) is 4.21. The normalized spacial score (nSPS) is 16.3. The summed E-state index contributed by atoms with van der Waals surface area (Å²) in [5, 5.41) is 8.65. The van der Waals surface area contributed by atoms with Crippen molar-refractivity contribution in [3.8, 4) is 0 Å². The Kier molecular flexibility index (Phi) is 5.29. The first-order chi connectivity index (χ1) is 7.63. The highest BCUT2D eigenvalue weighted by atomic mass is 16.4. The standard InChI is InChI=1S/C12H21NO3/c1-2-13(9-12(15)16)11(14)8-7-10-5-3-4-6-10/h10H,2-9H2,1H3,(H,15,16). The maximum absolute atomic E-state index is 11.7. The van der Waals surface area contributed by atoms with Crippen molar-refractivity contribution in [1.82, 2.24) is 4.90 Å². The van der Waals surface area contributed by atoms with Gasteiger partial charge >= 0.3 is 5.97 Å². The monoisotopic (exact) mass is 227 g/mol. The highest BCUT2D eigenvalue weighted by Gasteiger charge is 2.19. The Hall–Kier alpha value is -1.06. The zero-order chi connectivity index (χ0) is 12.0. The third-order valence-electron chi connectivity index (χ3n) is 3.30. The number of likely N-dealkylation sites (N-methyl/N-ethyl adjacent to an activating group) is 1. The maximum Gasteiger partial charge on any atom is 0.323 e. The molecule has 4 heteroatoms. The average Bonchev–Trinajstić information content (AvgIpc) is 2.75. The molecule has 0 aliphatic heterocycles. The first-order valence-electron chi connectivity index (χ1n) is 6.13. The number of carbonyl (C=O) groups is 2. The van der Waals surface area contributed by atoms with Crippen molar-refractivity contribution in [2.24, 2.45) is 5.92 Å². The van der Waals surface area contributed by atoms with Crippen LogP contribution < -0.4 is 0 Å². The van der Waals surface area contributed by atoms with Gasteiger partial charge in [0.2, 0.25) is 5.91 Å². The second-order valence-electron chi connectivity index (χ2n) is 4.49. The predicted octanol–water partition coefficient (Wildman–Crippen LogP) is 1.89. The SMILES string of the molecule is CCN(CC(=O)O)C(=O)CCC1CCCC1. The zero-order valence-corrected chi connectivity index (χ0v) is 9.95. The van der Waals surface area contributed by atoms with Gasteiger partial charge in [-0.25, -0.2) is 0 Å². The van der Waals surface area contributed by atoms with Crippen molar-refractivity contribution in [1.29, 1.82) is 0 Å². The molecule has 0 saturated heterocycles. The lowest BCUT2D eigenvalue weighted by Gasteiger charge is -2.19. The Morgan fingerprint density at radius 2 is 1.94 bits per heavy atom. The lowest BCUT2D eigenvalue weighted by atomic mass is 10.0. The van der Waals surface area contributed by atoms with Crippen molar-refractivity contribution in [3.05, 3.63) is 0 Å². The van der Waals surface area contributed by atoms with E-state index in [1.54, 1.807) is 0 Å². The zero-order valence-electron chi connectivity index (χ0n) is 9.95. The molecule has 1 aliphatic rings. The second-order valence-corrected chi connectivity index (χ2v) is 4.49. The van der Waals surface area contributed by atoms with Crippen LogP contribution in [0, 0.1) is 5.92 Å².